The van der Waals surface area contributed by atoms with Gasteiger partial charge in [-0.25, -0.2) is 4.99 Å². The second kappa shape index (κ2) is 8.55. The molecular weight excluding hydrogens is 374 g/mol. The lowest BCUT2D eigenvalue weighted by Crippen LogP contribution is -2.61. The van der Waals surface area contributed by atoms with Gasteiger partial charge >= 0.3 is 0 Å². The molecule has 1 N–H and O–H groups in total. The van der Waals surface area contributed by atoms with E-state index in [4.69, 9.17) is 14.2 Å². The van der Waals surface area contributed by atoms with Crippen molar-refractivity contribution >= 4 is 23.6 Å². The van der Waals surface area contributed by atoms with Gasteiger partial charge in [0.2, 0.25) is 11.7 Å². The Labute approximate surface area is 170 Å². The van der Waals surface area contributed by atoms with Gasteiger partial charge in [-0.3, -0.25) is 9.59 Å². The molecule has 8 nitrogen and oxygen atoms in total. The largest absolute Gasteiger partial charge is 0.493 e. The zero-order valence-electron chi connectivity index (χ0n) is 17.4. The number of nitrogens with one attached hydrogen (secondary N) is 1. The van der Waals surface area contributed by atoms with Crippen LogP contribution in [0.5, 0.6) is 17.2 Å². The smallest absolute Gasteiger partial charge is 0.234 e. The summed E-state index contributed by atoms with van der Waals surface area (Å²) in [6, 6.07) is 3.14. The van der Waals surface area contributed by atoms with Gasteiger partial charge in [-0.05, 0) is 37.1 Å². The lowest BCUT2D eigenvalue weighted by Gasteiger charge is -2.37. The van der Waals surface area contributed by atoms with Crippen LogP contribution in [0.25, 0.3) is 6.08 Å². The highest BCUT2D eigenvalue weighted by Crippen LogP contribution is 2.38. The number of hydrogen-bond acceptors (Lipinski definition) is 7. The van der Waals surface area contributed by atoms with E-state index < -0.39 is 18.1 Å². The lowest BCUT2D eigenvalue weighted by molar-refractivity contribution is -0.150. The number of aliphatic imine (C=N–C) groups is 1. The van der Waals surface area contributed by atoms with Crippen LogP contribution < -0.4 is 19.5 Å². The number of hydrogen-bond donors (Lipinski definition) is 1. The second-order valence-corrected chi connectivity index (χ2v) is 6.83. The first-order valence-electron chi connectivity index (χ1n) is 9.65. The van der Waals surface area contributed by atoms with E-state index in [0.717, 1.165) is 5.56 Å². The van der Waals surface area contributed by atoms with Crippen LogP contribution in [0.3, 0.4) is 0 Å². The summed E-state index contributed by atoms with van der Waals surface area (Å²) in [5.74, 6) is 1.34. The van der Waals surface area contributed by atoms with E-state index in [9.17, 15) is 9.59 Å². The van der Waals surface area contributed by atoms with Crippen LogP contribution in [-0.4, -0.2) is 62.5 Å². The van der Waals surface area contributed by atoms with Gasteiger partial charge in [0.1, 0.15) is 11.9 Å². The molecule has 1 amide bonds. The SMILES string of the molecule is CCC1C(=O)C2NC(/C=C/c3cc(OC)c(OC)c(OC)c3)=NC2N(CC)C1=O. The molecule has 2 heterocycles. The second-order valence-electron chi connectivity index (χ2n) is 6.83. The highest BCUT2D eigenvalue weighted by atomic mass is 16.5. The highest BCUT2D eigenvalue weighted by molar-refractivity contribution is 6.11. The molecule has 0 bridgehead atoms. The van der Waals surface area contributed by atoms with Crippen molar-refractivity contribution < 1.29 is 23.8 Å². The van der Waals surface area contributed by atoms with Gasteiger partial charge in [0.15, 0.2) is 23.4 Å². The molecular formula is C21H27N3O5. The van der Waals surface area contributed by atoms with Crippen molar-refractivity contribution in [2.24, 2.45) is 10.9 Å². The molecule has 8 heteroatoms. The molecule has 0 radical (unpaired) electrons. The minimum Gasteiger partial charge on any atom is -0.493 e. The van der Waals surface area contributed by atoms with Gasteiger partial charge in [-0.1, -0.05) is 13.0 Å². The lowest BCUT2D eigenvalue weighted by atomic mass is 9.88. The van der Waals surface area contributed by atoms with E-state index in [-0.39, 0.29) is 11.7 Å². The Kier molecular flexibility index (Phi) is 6.10. The molecule has 2 aliphatic heterocycles. The van der Waals surface area contributed by atoms with Gasteiger partial charge in [0.25, 0.3) is 0 Å². The molecule has 3 atom stereocenters. The van der Waals surface area contributed by atoms with Gasteiger partial charge in [0.05, 0.1) is 27.2 Å². The maximum absolute atomic E-state index is 12.7. The predicted molar refractivity (Wildman–Crippen MR) is 109 cm³/mol. The number of carbonyl (C=O) groups excluding carboxylic acids is 2. The Balaban J connectivity index is 1.87. The number of ether oxygens (including phenoxy) is 3. The van der Waals surface area contributed by atoms with E-state index in [0.29, 0.717) is 36.0 Å². The Morgan fingerprint density at radius 3 is 2.24 bits per heavy atom. The molecule has 156 valence electrons. The Morgan fingerprint density at radius 1 is 1.07 bits per heavy atom. The minimum atomic E-state index is -0.600. The Bertz CT molecular complexity index is 839. The number of benzene rings is 1. The average Bonchev–Trinajstić information content (AvgIpc) is 3.16. The van der Waals surface area contributed by atoms with Crippen molar-refractivity contribution in [2.75, 3.05) is 27.9 Å². The Hall–Kier alpha value is -3.03. The summed E-state index contributed by atoms with van der Waals surface area (Å²) in [4.78, 5) is 31.5. The quantitative estimate of drug-likeness (QED) is 0.702. The summed E-state index contributed by atoms with van der Waals surface area (Å²) in [7, 11) is 4.67. The summed E-state index contributed by atoms with van der Waals surface area (Å²) >= 11 is 0. The number of nitrogens with zero attached hydrogens (tertiary/aromatic N) is 2. The van der Waals surface area contributed by atoms with Crippen LogP contribution in [0.2, 0.25) is 0 Å². The van der Waals surface area contributed by atoms with Crippen molar-refractivity contribution in [3.8, 4) is 17.2 Å². The molecule has 0 saturated carbocycles. The molecule has 3 unspecified atom stereocenters. The minimum absolute atomic E-state index is 0.0906. The first-order chi connectivity index (χ1) is 14.0. The number of amides is 1. The molecule has 0 aliphatic carbocycles. The Morgan fingerprint density at radius 2 is 1.72 bits per heavy atom. The number of piperidine rings is 1. The van der Waals surface area contributed by atoms with Gasteiger partial charge < -0.3 is 24.4 Å². The molecule has 1 aromatic rings. The van der Waals surface area contributed by atoms with Gasteiger partial charge in [-0.2, -0.15) is 0 Å². The molecule has 1 fully saturated rings. The molecule has 29 heavy (non-hydrogen) atoms. The number of methoxy groups -OCH3 is 3. The molecule has 3 rings (SSSR count). The normalized spacial score (nSPS) is 23.7. The molecule has 2 aliphatic rings. The fourth-order valence-corrected chi connectivity index (χ4v) is 3.81. The number of carbonyl (C=O) groups is 2. The number of amidine groups is 1. The third kappa shape index (κ3) is 3.66. The standard InChI is InChI=1S/C21H27N3O5/c1-6-13-18(25)17-20(24(7-2)21(13)26)23-16(22-17)9-8-12-10-14(27-3)19(29-5)15(11-12)28-4/h8-11,13,17,20H,6-7H2,1-5H3,(H,22,23)/b9-8+. The van der Waals surface area contributed by atoms with Crippen LogP contribution in [0.4, 0.5) is 0 Å². The van der Waals surface area contributed by atoms with Crippen molar-refractivity contribution in [2.45, 2.75) is 32.5 Å². The summed E-state index contributed by atoms with van der Waals surface area (Å²) in [5.41, 5.74) is 0.819. The van der Waals surface area contributed by atoms with E-state index >= 15 is 0 Å². The van der Waals surface area contributed by atoms with Gasteiger partial charge in [0, 0.05) is 6.54 Å². The summed E-state index contributed by atoms with van der Waals surface area (Å²) < 4.78 is 16.1. The third-order valence-electron chi connectivity index (χ3n) is 5.29. The van der Waals surface area contributed by atoms with Gasteiger partial charge in [-0.15, -0.1) is 0 Å². The highest BCUT2D eigenvalue weighted by Gasteiger charge is 2.49. The van der Waals surface area contributed by atoms with Crippen LogP contribution in [-0.2, 0) is 9.59 Å². The van der Waals surface area contributed by atoms with E-state index in [2.05, 4.69) is 10.3 Å². The first-order valence-corrected chi connectivity index (χ1v) is 9.65. The van der Waals surface area contributed by atoms with Crippen LogP contribution in [0.1, 0.15) is 25.8 Å². The van der Waals surface area contributed by atoms with E-state index in [1.54, 1.807) is 32.3 Å². The topological polar surface area (TPSA) is 89.5 Å². The van der Waals surface area contributed by atoms with Crippen molar-refractivity contribution in [1.29, 1.82) is 0 Å². The van der Waals surface area contributed by atoms with Crippen LogP contribution >= 0.6 is 0 Å². The molecule has 0 spiro atoms. The molecule has 0 aromatic heterocycles. The van der Waals surface area contributed by atoms with Crippen molar-refractivity contribution in [3.63, 3.8) is 0 Å². The van der Waals surface area contributed by atoms with Crippen LogP contribution in [0, 0.1) is 5.92 Å². The monoisotopic (exact) mass is 401 g/mol. The van der Waals surface area contributed by atoms with Crippen molar-refractivity contribution in [3.05, 3.63) is 23.8 Å². The maximum Gasteiger partial charge on any atom is 0.234 e. The van der Waals surface area contributed by atoms with Crippen LogP contribution in [0.15, 0.2) is 23.2 Å². The number of likely N-dealkylation sites (tertiary alicyclic amines) is 1. The zero-order valence-corrected chi connectivity index (χ0v) is 17.4. The van der Waals surface area contributed by atoms with Crippen molar-refractivity contribution in [1.82, 2.24) is 10.2 Å². The summed E-state index contributed by atoms with van der Waals surface area (Å²) in [6.45, 7) is 4.27. The fourth-order valence-electron chi connectivity index (χ4n) is 3.81. The summed E-state index contributed by atoms with van der Waals surface area (Å²) in [6.07, 6.45) is 3.62. The van der Waals surface area contributed by atoms with E-state index in [1.807, 2.05) is 32.1 Å². The number of fused-ring (bicyclic) bond motifs is 1. The zero-order chi connectivity index (χ0) is 21.1. The summed E-state index contributed by atoms with van der Waals surface area (Å²) in [5, 5.41) is 3.17. The fraction of sp³-hybridized carbons (Fsp3) is 0.476. The average molecular weight is 401 g/mol. The van der Waals surface area contributed by atoms with E-state index in [1.165, 1.54) is 0 Å². The molecule has 1 aromatic carbocycles. The predicted octanol–water partition coefficient (Wildman–Crippen LogP) is 1.88. The number of Topliss-reactive ketones (excluding diaryl/α,β-unsaturated/α-hetero) is 1. The number of ketones is 1. The first kappa shape index (κ1) is 20.7. The number of likely N-dealkylation sites (N-methyl/N-ethyl adjacent to an activating group) is 1. The number of rotatable bonds is 7. The maximum atomic E-state index is 12.7. The molecule has 1 saturated heterocycles. The third-order valence-corrected chi connectivity index (χ3v) is 5.29.